The van der Waals surface area contributed by atoms with Crippen LogP contribution < -0.4 is 0 Å². The van der Waals surface area contributed by atoms with E-state index >= 15 is 0 Å². The Morgan fingerprint density at radius 1 is 1.41 bits per heavy atom. The average molecular weight is 239 g/mol. The number of carbonyl (C=O) groups is 1. The molecule has 17 heavy (non-hydrogen) atoms. The number of aryl methyl sites for hydroxylation is 1. The highest BCUT2D eigenvalue weighted by molar-refractivity contribution is 5.72. The minimum atomic E-state index is -0.431. The Morgan fingerprint density at radius 2 is 2.06 bits per heavy atom. The second-order valence-corrected chi connectivity index (χ2v) is 5.27. The summed E-state index contributed by atoms with van der Waals surface area (Å²) in [6.45, 7) is 8.35. The molecule has 0 aliphatic carbocycles. The molecule has 0 saturated heterocycles. The van der Waals surface area contributed by atoms with Gasteiger partial charge in [-0.15, -0.1) is 0 Å². The fourth-order valence-corrected chi connectivity index (χ4v) is 1.49. The molecule has 0 atom stereocenters. The highest BCUT2D eigenvalue weighted by Gasteiger charge is 2.17. The van der Waals surface area contributed by atoms with Crippen LogP contribution in [0.25, 0.3) is 0 Å². The molecule has 0 aliphatic heterocycles. The smallest absolute Gasteiger partial charge is 0.320 e. The molecule has 0 unspecified atom stereocenters. The van der Waals surface area contributed by atoms with Crippen LogP contribution in [0.5, 0.6) is 0 Å². The summed E-state index contributed by atoms with van der Waals surface area (Å²) in [6.07, 6.45) is 0. The van der Waals surface area contributed by atoms with Crippen molar-refractivity contribution in [1.29, 1.82) is 0 Å². The van der Waals surface area contributed by atoms with E-state index in [1.807, 2.05) is 51.8 Å². The summed E-state index contributed by atoms with van der Waals surface area (Å²) in [4.78, 5) is 13.4. The van der Waals surface area contributed by atoms with Gasteiger partial charge in [0.2, 0.25) is 0 Å². The van der Waals surface area contributed by atoms with Crippen molar-refractivity contribution in [3.63, 3.8) is 0 Å². The Morgan fingerprint density at radius 3 is 2.53 bits per heavy atom. The number of nitrogens with zero attached hydrogens (tertiary/aromatic N) is 1. The number of hydrogen-bond donors (Lipinski definition) is 0. The van der Waals surface area contributed by atoms with Gasteiger partial charge in [-0.2, -0.15) is 0 Å². The molecule has 96 valence electrons. The van der Waals surface area contributed by atoms with Crippen LogP contribution in [0.3, 0.4) is 0 Å². The number of esters is 1. The summed E-state index contributed by atoms with van der Waals surface area (Å²) in [6, 6.07) is 3.83. The minimum absolute atomic E-state index is 0.219. The first kappa shape index (κ1) is 13.8. The van der Waals surface area contributed by atoms with E-state index in [-0.39, 0.29) is 12.5 Å². The van der Waals surface area contributed by atoms with Crippen LogP contribution in [-0.2, 0) is 16.1 Å². The zero-order chi connectivity index (χ0) is 13.1. The van der Waals surface area contributed by atoms with Crippen molar-refractivity contribution in [2.75, 3.05) is 13.6 Å². The van der Waals surface area contributed by atoms with Crippen molar-refractivity contribution in [2.45, 2.75) is 39.8 Å². The van der Waals surface area contributed by atoms with Gasteiger partial charge in [-0.3, -0.25) is 9.69 Å². The quantitative estimate of drug-likeness (QED) is 0.756. The van der Waals surface area contributed by atoms with E-state index in [1.165, 1.54) is 0 Å². The second kappa shape index (κ2) is 5.36. The van der Waals surface area contributed by atoms with E-state index in [4.69, 9.17) is 9.15 Å². The van der Waals surface area contributed by atoms with Gasteiger partial charge >= 0.3 is 5.97 Å². The third-order valence-electron chi connectivity index (χ3n) is 2.04. The van der Waals surface area contributed by atoms with Crippen LogP contribution in [0, 0.1) is 6.92 Å². The van der Waals surface area contributed by atoms with Gasteiger partial charge in [0, 0.05) is 0 Å². The maximum absolute atomic E-state index is 11.6. The molecule has 0 N–H and O–H groups in total. The predicted octanol–water partition coefficient (Wildman–Crippen LogP) is 2.36. The minimum Gasteiger partial charge on any atom is -0.465 e. The van der Waals surface area contributed by atoms with Gasteiger partial charge in [-0.25, -0.2) is 0 Å². The standard InChI is InChI=1S/C13H21NO3/c1-10-6-7-11(16-10)8-14(5)9-12(15)17-13(2,3)4/h6-7H,8-9H2,1-5H3. The number of furan rings is 1. The van der Waals surface area contributed by atoms with Crippen LogP contribution in [0.2, 0.25) is 0 Å². The predicted molar refractivity (Wildman–Crippen MR) is 65.6 cm³/mol. The van der Waals surface area contributed by atoms with Gasteiger partial charge in [-0.1, -0.05) is 0 Å². The maximum Gasteiger partial charge on any atom is 0.320 e. The van der Waals surface area contributed by atoms with E-state index < -0.39 is 5.60 Å². The van der Waals surface area contributed by atoms with Gasteiger partial charge in [-0.05, 0) is 46.9 Å². The average Bonchev–Trinajstić information content (AvgIpc) is 2.46. The Bertz CT molecular complexity index is 376. The number of hydrogen-bond acceptors (Lipinski definition) is 4. The monoisotopic (exact) mass is 239 g/mol. The number of likely N-dealkylation sites (N-methyl/N-ethyl adjacent to an activating group) is 1. The lowest BCUT2D eigenvalue weighted by molar-refractivity contribution is -0.155. The Kier molecular flexibility index (Phi) is 4.34. The molecule has 0 amide bonds. The third-order valence-corrected chi connectivity index (χ3v) is 2.04. The van der Waals surface area contributed by atoms with Crippen LogP contribution in [0.4, 0.5) is 0 Å². The summed E-state index contributed by atoms with van der Waals surface area (Å²) in [5.74, 6) is 1.52. The summed E-state index contributed by atoms with van der Waals surface area (Å²) < 4.78 is 10.7. The molecule has 1 aromatic rings. The lowest BCUT2D eigenvalue weighted by Crippen LogP contribution is -2.32. The number of rotatable bonds is 4. The largest absolute Gasteiger partial charge is 0.465 e. The van der Waals surface area contributed by atoms with Crippen molar-refractivity contribution in [2.24, 2.45) is 0 Å². The molecule has 0 radical (unpaired) electrons. The summed E-state index contributed by atoms with van der Waals surface area (Å²) in [7, 11) is 1.86. The van der Waals surface area contributed by atoms with Gasteiger partial charge in [0.1, 0.15) is 17.1 Å². The highest BCUT2D eigenvalue weighted by atomic mass is 16.6. The molecule has 1 rings (SSSR count). The number of carbonyl (C=O) groups excluding carboxylic acids is 1. The summed E-state index contributed by atoms with van der Waals surface area (Å²) in [5.41, 5.74) is -0.431. The Hall–Kier alpha value is -1.29. The normalized spacial score (nSPS) is 11.9. The molecule has 0 spiro atoms. The first-order chi connectivity index (χ1) is 7.76. The Balaban J connectivity index is 2.39. The fourth-order valence-electron chi connectivity index (χ4n) is 1.49. The van der Waals surface area contributed by atoms with Gasteiger partial charge in [0.15, 0.2) is 0 Å². The van der Waals surface area contributed by atoms with Crippen LogP contribution in [-0.4, -0.2) is 30.1 Å². The zero-order valence-corrected chi connectivity index (χ0v) is 11.2. The van der Waals surface area contributed by atoms with Crippen molar-refractivity contribution in [3.05, 3.63) is 23.7 Å². The molecular formula is C13H21NO3. The third kappa shape index (κ3) is 5.54. The first-order valence-electron chi connectivity index (χ1n) is 5.72. The molecule has 4 heteroatoms. The number of ether oxygens (including phenoxy) is 1. The maximum atomic E-state index is 11.6. The van der Waals surface area contributed by atoms with Gasteiger partial charge in [0.25, 0.3) is 0 Å². The van der Waals surface area contributed by atoms with Gasteiger partial charge in [0.05, 0.1) is 13.1 Å². The topological polar surface area (TPSA) is 42.7 Å². The molecule has 4 nitrogen and oxygen atoms in total. The molecule has 0 fully saturated rings. The first-order valence-corrected chi connectivity index (χ1v) is 5.72. The van der Waals surface area contributed by atoms with Crippen LogP contribution in [0.15, 0.2) is 16.5 Å². The SMILES string of the molecule is Cc1ccc(CN(C)CC(=O)OC(C)(C)C)o1. The van der Waals surface area contributed by atoms with Crippen LogP contribution in [0.1, 0.15) is 32.3 Å². The summed E-state index contributed by atoms with van der Waals surface area (Å²) >= 11 is 0. The highest BCUT2D eigenvalue weighted by Crippen LogP contribution is 2.10. The molecule has 0 aliphatic rings. The molecule has 1 heterocycles. The van der Waals surface area contributed by atoms with Crippen LogP contribution >= 0.6 is 0 Å². The van der Waals surface area contributed by atoms with E-state index in [2.05, 4.69) is 0 Å². The lowest BCUT2D eigenvalue weighted by atomic mass is 10.2. The second-order valence-electron chi connectivity index (χ2n) is 5.27. The lowest BCUT2D eigenvalue weighted by Gasteiger charge is -2.22. The van der Waals surface area contributed by atoms with E-state index in [9.17, 15) is 4.79 Å². The Labute approximate surface area is 103 Å². The summed E-state index contributed by atoms with van der Waals surface area (Å²) in [5, 5.41) is 0. The molecule has 0 bridgehead atoms. The molecule has 1 aromatic heterocycles. The fraction of sp³-hybridized carbons (Fsp3) is 0.615. The molecule has 0 aromatic carbocycles. The zero-order valence-electron chi connectivity index (χ0n) is 11.2. The molecular weight excluding hydrogens is 218 g/mol. The van der Waals surface area contributed by atoms with Crippen molar-refractivity contribution in [3.8, 4) is 0 Å². The van der Waals surface area contributed by atoms with Gasteiger partial charge < -0.3 is 9.15 Å². The van der Waals surface area contributed by atoms with Crippen molar-refractivity contribution in [1.82, 2.24) is 4.90 Å². The van der Waals surface area contributed by atoms with E-state index in [0.717, 1.165) is 11.5 Å². The van der Waals surface area contributed by atoms with E-state index in [1.54, 1.807) is 0 Å². The van der Waals surface area contributed by atoms with Crippen molar-refractivity contribution < 1.29 is 13.9 Å². The molecule has 0 saturated carbocycles. The van der Waals surface area contributed by atoms with Crippen molar-refractivity contribution >= 4 is 5.97 Å². The van der Waals surface area contributed by atoms with E-state index in [0.29, 0.717) is 6.54 Å².